The van der Waals surface area contributed by atoms with Gasteiger partial charge in [-0.15, -0.1) is 0 Å². The monoisotopic (exact) mass is 285 g/mol. The molecular weight excluding hydrogens is 266 g/mol. The van der Waals surface area contributed by atoms with Crippen LogP contribution in [0, 0.1) is 18.8 Å². The van der Waals surface area contributed by atoms with Gasteiger partial charge in [-0.05, 0) is 31.0 Å². The number of likely N-dealkylation sites (N-methyl/N-ethyl adjacent to an activating group) is 1. The molecule has 1 aliphatic heterocycles. The van der Waals surface area contributed by atoms with Gasteiger partial charge in [0.15, 0.2) is 0 Å². The summed E-state index contributed by atoms with van der Waals surface area (Å²) in [7, 11) is 1.74. The van der Waals surface area contributed by atoms with Gasteiger partial charge in [-0.3, -0.25) is 9.59 Å². The van der Waals surface area contributed by atoms with Crippen molar-refractivity contribution in [2.45, 2.75) is 19.4 Å². The van der Waals surface area contributed by atoms with Crippen molar-refractivity contribution < 1.29 is 9.59 Å². The zero-order chi connectivity index (χ0) is 15.4. The minimum Gasteiger partial charge on any atom is -0.344 e. The summed E-state index contributed by atoms with van der Waals surface area (Å²) < 4.78 is 0. The van der Waals surface area contributed by atoms with Gasteiger partial charge >= 0.3 is 0 Å². The maximum absolute atomic E-state index is 12.3. The van der Waals surface area contributed by atoms with Crippen LogP contribution >= 0.6 is 0 Å². The quantitative estimate of drug-likeness (QED) is 0.766. The van der Waals surface area contributed by atoms with E-state index < -0.39 is 6.04 Å². The highest BCUT2D eigenvalue weighted by Gasteiger charge is 2.30. The molecule has 1 aliphatic rings. The lowest BCUT2D eigenvalue weighted by atomic mass is 10.0. The van der Waals surface area contributed by atoms with Crippen molar-refractivity contribution in [3.63, 3.8) is 0 Å². The van der Waals surface area contributed by atoms with Crippen molar-refractivity contribution in [1.82, 2.24) is 10.2 Å². The molecule has 2 rings (SSSR count). The van der Waals surface area contributed by atoms with E-state index in [0.717, 1.165) is 11.1 Å². The Kier molecular flexibility index (Phi) is 4.61. The third kappa shape index (κ3) is 3.41. The van der Waals surface area contributed by atoms with Gasteiger partial charge in [0, 0.05) is 24.7 Å². The Morgan fingerprint density at radius 3 is 2.90 bits per heavy atom. The van der Waals surface area contributed by atoms with Gasteiger partial charge in [-0.1, -0.05) is 17.9 Å². The lowest BCUT2D eigenvalue weighted by molar-refractivity contribution is -0.128. The normalized spacial score (nSPS) is 17.4. The van der Waals surface area contributed by atoms with E-state index in [4.69, 9.17) is 5.73 Å². The van der Waals surface area contributed by atoms with Crippen molar-refractivity contribution in [2.75, 3.05) is 20.1 Å². The molecule has 1 heterocycles. The number of aryl methyl sites for hydroxylation is 1. The molecule has 1 unspecified atom stereocenters. The largest absolute Gasteiger partial charge is 0.344 e. The second-order valence-corrected chi connectivity index (χ2v) is 5.11. The first-order chi connectivity index (χ1) is 10.0. The first-order valence-corrected chi connectivity index (χ1v) is 6.88. The minimum absolute atomic E-state index is 0.0416. The Bertz CT molecular complexity index is 628. The summed E-state index contributed by atoms with van der Waals surface area (Å²) in [4.78, 5) is 25.8. The molecule has 0 bridgehead atoms. The number of hydrogen-bond donors (Lipinski definition) is 2. The van der Waals surface area contributed by atoms with Crippen molar-refractivity contribution in [1.29, 1.82) is 0 Å². The van der Waals surface area contributed by atoms with E-state index in [2.05, 4.69) is 17.2 Å². The van der Waals surface area contributed by atoms with Gasteiger partial charge in [0.2, 0.25) is 5.91 Å². The molecule has 110 valence electrons. The highest BCUT2D eigenvalue weighted by Crippen LogP contribution is 2.13. The average Bonchev–Trinajstić information content (AvgIpc) is 2.78. The fraction of sp³-hybridized carbons (Fsp3) is 0.375. The summed E-state index contributed by atoms with van der Waals surface area (Å²) in [5.41, 5.74) is 7.48. The fourth-order valence-corrected chi connectivity index (χ4v) is 2.29. The van der Waals surface area contributed by atoms with Crippen LogP contribution in [0.5, 0.6) is 0 Å². The number of amides is 2. The summed E-state index contributed by atoms with van der Waals surface area (Å²) in [6.45, 7) is 2.81. The SMILES string of the molecule is Cc1ccc(C#CCN)cc1C(=O)NC1CCN(C)C1=O. The lowest BCUT2D eigenvalue weighted by Crippen LogP contribution is -2.40. The molecule has 3 N–H and O–H groups in total. The number of nitrogens with one attached hydrogen (secondary N) is 1. The molecule has 5 heteroatoms. The molecule has 0 aromatic heterocycles. The topological polar surface area (TPSA) is 75.4 Å². The van der Waals surface area contributed by atoms with Crippen molar-refractivity contribution >= 4 is 11.8 Å². The van der Waals surface area contributed by atoms with E-state index in [0.29, 0.717) is 18.5 Å². The van der Waals surface area contributed by atoms with E-state index in [9.17, 15) is 9.59 Å². The first kappa shape index (κ1) is 15.1. The van der Waals surface area contributed by atoms with Crippen LogP contribution in [-0.4, -0.2) is 42.9 Å². The van der Waals surface area contributed by atoms with Crippen LogP contribution in [0.4, 0.5) is 0 Å². The molecule has 21 heavy (non-hydrogen) atoms. The molecule has 1 atom stereocenters. The predicted molar refractivity (Wildman–Crippen MR) is 80.6 cm³/mol. The Balaban J connectivity index is 2.17. The number of rotatable bonds is 2. The third-order valence-corrected chi connectivity index (χ3v) is 3.55. The Labute approximate surface area is 124 Å². The van der Waals surface area contributed by atoms with Crippen LogP contribution in [0.2, 0.25) is 0 Å². The smallest absolute Gasteiger partial charge is 0.252 e. The molecule has 0 spiro atoms. The van der Waals surface area contributed by atoms with Crippen molar-refractivity contribution in [2.24, 2.45) is 5.73 Å². The zero-order valence-electron chi connectivity index (χ0n) is 12.3. The van der Waals surface area contributed by atoms with Crippen LogP contribution in [-0.2, 0) is 4.79 Å². The van der Waals surface area contributed by atoms with Gasteiger partial charge in [0.1, 0.15) is 6.04 Å². The number of hydrogen-bond acceptors (Lipinski definition) is 3. The van der Waals surface area contributed by atoms with Crippen LogP contribution in [0.1, 0.15) is 27.9 Å². The van der Waals surface area contributed by atoms with Crippen molar-refractivity contribution in [3.8, 4) is 11.8 Å². The Morgan fingerprint density at radius 1 is 1.52 bits per heavy atom. The molecule has 1 fully saturated rings. The van der Waals surface area contributed by atoms with E-state index in [-0.39, 0.29) is 18.4 Å². The molecule has 1 aromatic carbocycles. The van der Waals surface area contributed by atoms with Gasteiger partial charge in [-0.2, -0.15) is 0 Å². The van der Waals surface area contributed by atoms with E-state index in [1.54, 1.807) is 18.0 Å². The highest BCUT2D eigenvalue weighted by atomic mass is 16.2. The summed E-state index contributed by atoms with van der Waals surface area (Å²) in [5, 5.41) is 2.80. The van der Waals surface area contributed by atoms with Crippen molar-refractivity contribution in [3.05, 3.63) is 34.9 Å². The number of likely N-dealkylation sites (tertiary alicyclic amines) is 1. The van der Waals surface area contributed by atoms with Gasteiger partial charge in [0.05, 0.1) is 6.54 Å². The molecule has 5 nitrogen and oxygen atoms in total. The van der Waals surface area contributed by atoms with Gasteiger partial charge in [-0.25, -0.2) is 0 Å². The standard InChI is InChI=1S/C16H19N3O2/c1-11-5-6-12(4-3-8-17)10-13(11)15(20)18-14-7-9-19(2)16(14)21/h5-6,10,14H,7-9,17H2,1-2H3,(H,18,20). The third-order valence-electron chi connectivity index (χ3n) is 3.55. The average molecular weight is 285 g/mol. The van der Waals surface area contributed by atoms with Crippen LogP contribution in [0.15, 0.2) is 18.2 Å². The van der Waals surface area contributed by atoms with Crippen LogP contribution < -0.4 is 11.1 Å². The fourth-order valence-electron chi connectivity index (χ4n) is 2.29. The minimum atomic E-state index is -0.430. The number of carbonyl (C=O) groups is 2. The van der Waals surface area contributed by atoms with Crippen LogP contribution in [0.3, 0.4) is 0 Å². The predicted octanol–water partition coefficient (Wildman–Crippen LogP) is 0.266. The molecule has 2 amide bonds. The zero-order valence-corrected chi connectivity index (χ0v) is 12.3. The second kappa shape index (κ2) is 6.42. The lowest BCUT2D eigenvalue weighted by Gasteiger charge is -2.13. The molecule has 1 aromatic rings. The maximum Gasteiger partial charge on any atom is 0.252 e. The Morgan fingerprint density at radius 2 is 2.29 bits per heavy atom. The first-order valence-electron chi connectivity index (χ1n) is 6.88. The molecule has 0 aliphatic carbocycles. The maximum atomic E-state index is 12.3. The number of benzene rings is 1. The molecule has 0 radical (unpaired) electrons. The summed E-state index contributed by atoms with van der Waals surface area (Å²) in [6.07, 6.45) is 0.646. The van der Waals surface area contributed by atoms with Gasteiger partial charge in [0.25, 0.3) is 5.91 Å². The summed E-state index contributed by atoms with van der Waals surface area (Å²) in [6, 6.07) is 5.00. The summed E-state index contributed by atoms with van der Waals surface area (Å²) in [5.74, 6) is 5.39. The molecular formula is C16H19N3O2. The van der Waals surface area contributed by atoms with E-state index in [1.165, 1.54) is 0 Å². The van der Waals surface area contributed by atoms with Gasteiger partial charge < -0.3 is 16.0 Å². The van der Waals surface area contributed by atoms with E-state index in [1.807, 2.05) is 19.1 Å². The van der Waals surface area contributed by atoms with E-state index >= 15 is 0 Å². The number of carbonyl (C=O) groups excluding carboxylic acids is 2. The second-order valence-electron chi connectivity index (χ2n) is 5.11. The van der Waals surface area contributed by atoms with Crippen LogP contribution in [0.25, 0.3) is 0 Å². The number of nitrogens with zero attached hydrogens (tertiary/aromatic N) is 1. The Hall–Kier alpha value is -2.32. The molecule has 0 saturated carbocycles. The summed E-state index contributed by atoms with van der Waals surface area (Å²) >= 11 is 0. The molecule has 1 saturated heterocycles. The number of nitrogens with two attached hydrogens (primary N) is 1. The highest BCUT2D eigenvalue weighted by molar-refractivity contribution is 5.99.